The Morgan fingerprint density at radius 2 is 1.79 bits per heavy atom. The summed E-state index contributed by atoms with van der Waals surface area (Å²) in [5.74, 6) is -3.49. The van der Waals surface area contributed by atoms with Crippen molar-refractivity contribution < 1.29 is 23.1 Å². The van der Waals surface area contributed by atoms with Gasteiger partial charge in [-0.2, -0.15) is 8.78 Å². The first-order chi connectivity index (χ1) is 18.3. The zero-order valence-corrected chi connectivity index (χ0v) is 21.7. The normalized spacial score (nSPS) is 24.5. The van der Waals surface area contributed by atoms with Crippen LogP contribution < -0.4 is 0 Å². The second kappa shape index (κ2) is 11.7. The smallest absolute Gasteiger partial charge is 0.320 e. The minimum atomic E-state index is -3.02. The molecule has 1 saturated carbocycles. The van der Waals surface area contributed by atoms with Gasteiger partial charge in [0.1, 0.15) is 11.9 Å². The molecule has 3 fully saturated rings. The summed E-state index contributed by atoms with van der Waals surface area (Å²) in [4.78, 5) is 24.1. The SMILES string of the molecule is O=C(O)[C@@H](CC1CC1)N1C[C@H](CN2CCC(CCC(F)(F)c3ncccn3)CC2)[C@@H](c2cccc(F)c2)C1. The molecule has 2 saturated heterocycles. The third kappa shape index (κ3) is 6.72. The van der Waals surface area contributed by atoms with Crippen LogP contribution >= 0.6 is 0 Å². The quantitative estimate of drug-likeness (QED) is 0.432. The van der Waals surface area contributed by atoms with E-state index in [0.29, 0.717) is 31.8 Å². The monoisotopic (exact) mass is 530 g/mol. The molecule has 38 heavy (non-hydrogen) atoms. The molecule has 3 aliphatic rings. The number of aliphatic carboxylic acids is 1. The molecule has 9 heteroatoms. The number of hydrogen-bond acceptors (Lipinski definition) is 5. The number of nitrogens with zero attached hydrogens (tertiary/aromatic N) is 4. The van der Waals surface area contributed by atoms with Crippen molar-refractivity contribution in [2.45, 2.75) is 62.8 Å². The van der Waals surface area contributed by atoms with Gasteiger partial charge in [0.05, 0.1) is 0 Å². The van der Waals surface area contributed by atoms with Crippen LogP contribution in [-0.2, 0) is 10.7 Å². The Morgan fingerprint density at radius 1 is 1.05 bits per heavy atom. The van der Waals surface area contributed by atoms with Crippen molar-refractivity contribution >= 4 is 5.97 Å². The van der Waals surface area contributed by atoms with Gasteiger partial charge in [-0.05, 0) is 80.3 Å². The van der Waals surface area contributed by atoms with Gasteiger partial charge >= 0.3 is 11.9 Å². The van der Waals surface area contributed by atoms with Crippen molar-refractivity contribution in [2.24, 2.45) is 17.8 Å². The van der Waals surface area contributed by atoms with E-state index < -0.39 is 23.8 Å². The van der Waals surface area contributed by atoms with E-state index in [1.807, 2.05) is 6.07 Å². The molecule has 6 nitrogen and oxygen atoms in total. The first-order valence-electron chi connectivity index (χ1n) is 13.9. The number of piperidine rings is 1. The number of alkyl halides is 2. The van der Waals surface area contributed by atoms with E-state index in [0.717, 1.165) is 50.9 Å². The highest BCUT2D eigenvalue weighted by Gasteiger charge is 2.42. The van der Waals surface area contributed by atoms with Gasteiger partial charge in [-0.25, -0.2) is 14.4 Å². The number of benzene rings is 1. The first kappa shape index (κ1) is 27.1. The van der Waals surface area contributed by atoms with E-state index in [2.05, 4.69) is 19.8 Å². The summed E-state index contributed by atoms with van der Waals surface area (Å²) >= 11 is 0. The summed E-state index contributed by atoms with van der Waals surface area (Å²) in [6, 6.07) is 7.74. The van der Waals surface area contributed by atoms with E-state index in [1.54, 1.807) is 12.1 Å². The molecule has 0 bridgehead atoms. The molecule has 0 spiro atoms. The van der Waals surface area contributed by atoms with Gasteiger partial charge in [0.2, 0.25) is 0 Å². The lowest BCUT2D eigenvalue weighted by Gasteiger charge is -2.35. The van der Waals surface area contributed by atoms with Crippen LogP contribution in [-0.4, -0.2) is 69.6 Å². The fraction of sp³-hybridized carbons (Fsp3) is 0.621. The van der Waals surface area contributed by atoms with Gasteiger partial charge in [0, 0.05) is 44.4 Å². The van der Waals surface area contributed by atoms with Crippen LogP contribution in [0, 0.1) is 23.6 Å². The van der Waals surface area contributed by atoms with E-state index >= 15 is 0 Å². The largest absolute Gasteiger partial charge is 0.480 e. The first-order valence-corrected chi connectivity index (χ1v) is 13.9. The minimum absolute atomic E-state index is 0.0639. The molecule has 1 aromatic carbocycles. The minimum Gasteiger partial charge on any atom is -0.480 e. The Morgan fingerprint density at radius 3 is 2.45 bits per heavy atom. The van der Waals surface area contributed by atoms with Crippen molar-refractivity contribution in [2.75, 3.05) is 32.7 Å². The van der Waals surface area contributed by atoms with E-state index in [1.165, 1.54) is 24.5 Å². The second-order valence-electron chi connectivity index (χ2n) is 11.5. The van der Waals surface area contributed by atoms with Crippen molar-refractivity contribution in [3.8, 4) is 0 Å². The third-order valence-electron chi connectivity index (χ3n) is 8.68. The average Bonchev–Trinajstić information content (AvgIpc) is 3.65. The number of aromatic nitrogens is 2. The Bertz CT molecular complexity index is 1080. The molecular weight excluding hydrogens is 493 g/mol. The highest BCUT2D eigenvalue weighted by molar-refractivity contribution is 5.73. The van der Waals surface area contributed by atoms with Crippen LogP contribution in [0.4, 0.5) is 13.2 Å². The van der Waals surface area contributed by atoms with Gasteiger partial charge in [-0.1, -0.05) is 25.0 Å². The van der Waals surface area contributed by atoms with Gasteiger partial charge in [-0.15, -0.1) is 0 Å². The zero-order valence-electron chi connectivity index (χ0n) is 21.7. The van der Waals surface area contributed by atoms with Crippen molar-refractivity contribution in [3.05, 3.63) is 59.9 Å². The van der Waals surface area contributed by atoms with Crippen molar-refractivity contribution in [1.82, 2.24) is 19.8 Å². The summed E-state index contributed by atoms with van der Waals surface area (Å²) in [6.07, 6.45) is 7.48. The molecule has 1 N–H and O–H groups in total. The molecule has 3 atom stereocenters. The lowest BCUT2D eigenvalue weighted by molar-refractivity contribution is -0.143. The highest BCUT2D eigenvalue weighted by Crippen LogP contribution is 2.40. The van der Waals surface area contributed by atoms with Crippen LogP contribution in [0.5, 0.6) is 0 Å². The Labute approximate surface area is 222 Å². The maximum Gasteiger partial charge on any atom is 0.320 e. The summed E-state index contributed by atoms with van der Waals surface area (Å²) in [7, 11) is 0. The molecule has 0 radical (unpaired) electrons. The van der Waals surface area contributed by atoms with Crippen molar-refractivity contribution in [1.29, 1.82) is 0 Å². The number of halogens is 3. The van der Waals surface area contributed by atoms with Crippen LogP contribution in [0.15, 0.2) is 42.7 Å². The van der Waals surface area contributed by atoms with Gasteiger partial charge in [0.25, 0.3) is 0 Å². The Balaban J connectivity index is 1.18. The maximum absolute atomic E-state index is 14.5. The lowest BCUT2D eigenvalue weighted by Crippen LogP contribution is -2.42. The number of carboxylic acid groups (broad SMARTS) is 1. The standard InChI is InChI=1S/C29H37F3N4O2/c30-24-4-1-3-22(16-24)25-19-36(26(27(37)38)15-21-5-6-21)18-23(25)17-35-13-8-20(9-14-35)7-10-29(31,32)28-33-11-2-12-34-28/h1-4,11-12,16,20-21,23,25-26H,5-10,13-15,17-19H2,(H,37,38)/t23-,25+,26+/m0/s1. The van der Waals surface area contributed by atoms with Crippen LogP contribution in [0.1, 0.15) is 62.3 Å². The predicted molar refractivity (Wildman–Crippen MR) is 137 cm³/mol. The van der Waals surface area contributed by atoms with E-state index in [-0.39, 0.29) is 30.0 Å². The topological polar surface area (TPSA) is 69.6 Å². The highest BCUT2D eigenvalue weighted by atomic mass is 19.3. The summed E-state index contributed by atoms with van der Waals surface area (Å²) in [5, 5.41) is 9.96. The molecule has 0 amide bonds. The van der Waals surface area contributed by atoms with E-state index in [9.17, 15) is 23.1 Å². The maximum atomic E-state index is 14.5. The second-order valence-corrected chi connectivity index (χ2v) is 11.5. The van der Waals surface area contributed by atoms with Crippen LogP contribution in [0.2, 0.25) is 0 Å². The molecule has 2 aliphatic heterocycles. The van der Waals surface area contributed by atoms with Crippen LogP contribution in [0.3, 0.4) is 0 Å². The molecule has 5 rings (SSSR count). The van der Waals surface area contributed by atoms with Gasteiger partial charge in [0.15, 0.2) is 5.82 Å². The van der Waals surface area contributed by atoms with Gasteiger partial charge < -0.3 is 10.0 Å². The summed E-state index contributed by atoms with van der Waals surface area (Å²) in [5.41, 5.74) is 0.924. The predicted octanol–water partition coefficient (Wildman–Crippen LogP) is 5.17. The molecule has 1 aromatic heterocycles. The third-order valence-corrected chi connectivity index (χ3v) is 8.68. The van der Waals surface area contributed by atoms with Gasteiger partial charge in [-0.3, -0.25) is 9.69 Å². The number of hydrogen-bond donors (Lipinski definition) is 1. The van der Waals surface area contributed by atoms with E-state index in [4.69, 9.17) is 0 Å². The number of carboxylic acids is 1. The number of likely N-dealkylation sites (tertiary alicyclic amines) is 2. The average molecular weight is 531 g/mol. The van der Waals surface area contributed by atoms with Crippen molar-refractivity contribution in [3.63, 3.8) is 0 Å². The molecular formula is C29H37F3N4O2. The molecule has 2 aromatic rings. The molecule has 1 aliphatic carbocycles. The summed E-state index contributed by atoms with van der Waals surface area (Å²) < 4.78 is 43.1. The fourth-order valence-corrected chi connectivity index (χ4v) is 6.31. The fourth-order valence-electron chi connectivity index (χ4n) is 6.31. The van der Waals surface area contributed by atoms with Crippen LogP contribution in [0.25, 0.3) is 0 Å². The molecule has 0 unspecified atom stereocenters. The number of carbonyl (C=O) groups is 1. The lowest BCUT2D eigenvalue weighted by atomic mass is 9.86. The molecule has 206 valence electrons. The Hall–Kier alpha value is -2.52. The number of rotatable bonds is 11. The zero-order chi connectivity index (χ0) is 26.7. The Kier molecular flexibility index (Phi) is 8.33. The molecule has 3 heterocycles. The summed E-state index contributed by atoms with van der Waals surface area (Å²) in [6.45, 7) is 3.75.